The van der Waals surface area contributed by atoms with Crippen molar-refractivity contribution in [1.29, 1.82) is 0 Å². The summed E-state index contributed by atoms with van der Waals surface area (Å²) >= 11 is 0. The summed E-state index contributed by atoms with van der Waals surface area (Å²) in [5, 5.41) is 5.89. The lowest BCUT2D eigenvalue weighted by atomic mass is 10.2. The van der Waals surface area contributed by atoms with Crippen molar-refractivity contribution in [3.63, 3.8) is 0 Å². The first-order valence-corrected chi connectivity index (χ1v) is 9.00. The van der Waals surface area contributed by atoms with Crippen molar-refractivity contribution < 1.29 is 18.7 Å². The quantitative estimate of drug-likeness (QED) is 0.729. The minimum absolute atomic E-state index is 0.133. The van der Waals surface area contributed by atoms with Crippen molar-refractivity contribution in [3.8, 4) is 0 Å². The van der Waals surface area contributed by atoms with Crippen LogP contribution in [0.2, 0.25) is 0 Å². The molecule has 2 N–H and O–H groups in total. The highest BCUT2D eigenvalue weighted by atomic mass is 19.1. The van der Waals surface area contributed by atoms with Gasteiger partial charge in [-0.1, -0.05) is 18.2 Å². The Labute approximate surface area is 164 Å². The van der Waals surface area contributed by atoms with Crippen molar-refractivity contribution in [2.24, 2.45) is 0 Å². The standard InChI is InChI=1S/C21H26FN3O3/c1-14(21(27)25(3)13-16-7-5-8-17(22)11-16)23-18-9-6-10-19(12-18)24-20(26)15(2)28-4/h5-12,14-15,23H,13H2,1-4H3,(H,24,26). The Balaban J connectivity index is 1.97. The number of methoxy groups -OCH3 is 1. The van der Waals surface area contributed by atoms with E-state index in [0.29, 0.717) is 17.9 Å². The maximum Gasteiger partial charge on any atom is 0.253 e. The SMILES string of the molecule is COC(C)C(=O)Nc1cccc(NC(C)C(=O)N(C)Cc2cccc(F)c2)c1. The summed E-state index contributed by atoms with van der Waals surface area (Å²) in [5.41, 5.74) is 2.02. The number of ether oxygens (including phenoxy) is 1. The fourth-order valence-electron chi connectivity index (χ4n) is 2.67. The number of likely N-dealkylation sites (N-methyl/N-ethyl adjacent to an activating group) is 1. The average molecular weight is 387 g/mol. The first-order chi connectivity index (χ1) is 13.3. The molecule has 0 aliphatic carbocycles. The molecule has 0 fully saturated rings. The van der Waals surface area contributed by atoms with Crippen LogP contribution in [0.25, 0.3) is 0 Å². The maximum absolute atomic E-state index is 13.3. The number of halogens is 1. The van der Waals surface area contributed by atoms with Crippen LogP contribution in [0.5, 0.6) is 0 Å². The summed E-state index contributed by atoms with van der Waals surface area (Å²) in [6, 6.07) is 12.8. The van der Waals surface area contributed by atoms with E-state index in [1.54, 1.807) is 56.1 Å². The predicted molar refractivity (Wildman–Crippen MR) is 108 cm³/mol. The Morgan fingerprint density at radius 2 is 1.79 bits per heavy atom. The van der Waals surface area contributed by atoms with Gasteiger partial charge in [-0.2, -0.15) is 0 Å². The average Bonchev–Trinajstić information content (AvgIpc) is 2.66. The highest BCUT2D eigenvalue weighted by Gasteiger charge is 2.18. The topological polar surface area (TPSA) is 70.7 Å². The second-order valence-electron chi connectivity index (χ2n) is 6.64. The molecular formula is C21H26FN3O3. The fraction of sp³-hybridized carbons (Fsp3) is 0.333. The molecule has 0 aliphatic rings. The first kappa shape index (κ1) is 21.4. The Kier molecular flexibility index (Phi) is 7.52. The van der Waals surface area contributed by atoms with Crippen molar-refractivity contribution in [2.75, 3.05) is 24.8 Å². The van der Waals surface area contributed by atoms with Crippen LogP contribution in [0, 0.1) is 5.82 Å². The van der Waals surface area contributed by atoms with E-state index in [2.05, 4.69) is 10.6 Å². The Morgan fingerprint density at radius 1 is 1.11 bits per heavy atom. The predicted octanol–water partition coefficient (Wildman–Crippen LogP) is 3.26. The van der Waals surface area contributed by atoms with E-state index in [9.17, 15) is 14.0 Å². The fourth-order valence-corrected chi connectivity index (χ4v) is 2.67. The van der Waals surface area contributed by atoms with Crippen LogP contribution >= 0.6 is 0 Å². The second kappa shape index (κ2) is 9.85. The number of hydrogen-bond acceptors (Lipinski definition) is 4. The van der Waals surface area contributed by atoms with Gasteiger partial charge in [0.25, 0.3) is 5.91 Å². The molecule has 2 unspecified atom stereocenters. The molecule has 0 aliphatic heterocycles. The molecule has 2 atom stereocenters. The van der Waals surface area contributed by atoms with Crippen LogP contribution in [0.15, 0.2) is 48.5 Å². The largest absolute Gasteiger partial charge is 0.374 e. The lowest BCUT2D eigenvalue weighted by Crippen LogP contribution is -2.38. The molecule has 0 saturated carbocycles. The molecule has 2 rings (SSSR count). The van der Waals surface area contributed by atoms with E-state index < -0.39 is 12.1 Å². The van der Waals surface area contributed by atoms with Gasteiger partial charge in [-0.05, 0) is 49.7 Å². The van der Waals surface area contributed by atoms with E-state index in [1.165, 1.54) is 19.2 Å². The number of anilines is 2. The molecular weight excluding hydrogens is 361 g/mol. The van der Waals surface area contributed by atoms with Gasteiger partial charge in [0.15, 0.2) is 0 Å². The van der Waals surface area contributed by atoms with Gasteiger partial charge in [-0.15, -0.1) is 0 Å². The zero-order valence-corrected chi connectivity index (χ0v) is 16.5. The zero-order chi connectivity index (χ0) is 20.7. The molecule has 28 heavy (non-hydrogen) atoms. The molecule has 0 aromatic heterocycles. The van der Waals surface area contributed by atoms with Crippen LogP contribution in [0.4, 0.5) is 15.8 Å². The van der Waals surface area contributed by atoms with Gasteiger partial charge in [-0.3, -0.25) is 9.59 Å². The molecule has 0 heterocycles. The summed E-state index contributed by atoms with van der Waals surface area (Å²) in [5.74, 6) is -0.712. The number of hydrogen-bond donors (Lipinski definition) is 2. The highest BCUT2D eigenvalue weighted by Crippen LogP contribution is 2.17. The van der Waals surface area contributed by atoms with Gasteiger partial charge in [0.2, 0.25) is 5.91 Å². The molecule has 2 aromatic carbocycles. The van der Waals surface area contributed by atoms with E-state index in [4.69, 9.17) is 4.74 Å². The summed E-state index contributed by atoms with van der Waals surface area (Å²) < 4.78 is 18.3. The summed E-state index contributed by atoms with van der Waals surface area (Å²) in [4.78, 5) is 26.1. The van der Waals surface area contributed by atoms with Crippen LogP contribution in [-0.4, -0.2) is 43.0 Å². The molecule has 6 nitrogen and oxygen atoms in total. The van der Waals surface area contributed by atoms with E-state index in [1.807, 2.05) is 6.07 Å². The van der Waals surface area contributed by atoms with Gasteiger partial charge < -0.3 is 20.3 Å². The molecule has 2 aromatic rings. The van der Waals surface area contributed by atoms with Gasteiger partial charge in [0.1, 0.15) is 18.0 Å². The number of carbonyl (C=O) groups excluding carboxylic acids is 2. The van der Waals surface area contributed by atoms with Crippen molar-refractivity contribution >= 4 is 23.2 Å². The lowest BCUT2D eigenvalue weighted by Gasteiger charge is -2.23. The molecule has 0 saturated heterocycles. The van der Waals surface area contributed by atoms with Crippen LogP contribution in [0.3, 0.4) is 0 Å². The van der Waals surface area contributed by atoms with Crippen molar-refractivity contribution in [1.82, 2.24) is 4.90 Å². The Morgan fingerprint density at radius 3 is 2.46 bits per heavy atom. The molecule has 0 radical (unpaired) electrons. The van der Waals surface area contributed by atoms with E-state index in [-0.39, 0.29) is 17.6 Å². The number of rotatable bonds is 8. The van der Waals surface area contributed by atoms with Crippen LogP contribution in [0.1, 0.15) is 19.4 Å². The van der Waals surface area contributed by atoms with Crippen LogP contribution < -0.4 is 10.6 Å². The van der Waals surface area contributed by atoms with Crippen molar-refractivity contribution in [3.05, 3.63) is 59.9 Å². The number of amides is 2. The smallest absolute Gasteiger partial charge is 0.253 e. The minimum atomic E-state index is -0.561. The second-order valence-corrected chi connectivity index (χ2v) is 6.64. The number of nitrogens with one attached hydrogen (secondary N) is 2. The molecule has 0 bridgehead atoms. The third-order valence-electron chi connectivity index (χ3n) is 4.29. The van der Waals surface area contributed by atoms with Gasteiger partial charge in [-0.25, -0.2) is 4.39 Å². The molecule has 7 heteroatoms. The summed E-state index contributed by atoms with van der Waals surface area (Å²) in [7, 11) is 3.14. The normalized spacial score (nSPS) is 12.8. The van der Waals surface area contributed by atoms with E-state index in [0.717, 1.165) is 5.56 Å². The van der Waals surface area contributed by atoms with Gasteiger partial charge in [0, 0.05) is 32.1 Å². The third kappa shape index (κ3) is 6.06. The van der Waals surface area contributed by atoms with Crippen LogP contribution in [-0.2, 0) is 20.9 Å². The number of carbonyl (C=O) groups is 2. The Bertz CT molecular complexity index is 828. The molecule has 0 spiro atoms. The Hall–Kier alpha value is -2.93. The van der Waals surface area contributed by atoms with Gasteiger partial charge >= 0.3 is 0 Å². The lowest BCUT2D eigenvalue weighted by molar-refractivity contribution is -0.130. The third-order valence-corrected chi connectivity index (χ3v) is 4.29. The summed E-state index contributed by atoms with van der Waals surface area (Å²) in [6.45, 7) is 3.73. The number of benzene rings is 2. The first-order valence-electron chi connectivity index (χ1n) is 9.00. The van der Waals surface area contributed by atoms with Crippen molar-refractivity contribution in [2.45, 2.75) is 32.5 Å². The maximum atomic E-state index is 13.3. The minimum Gasteiger partial charge on any atom is -0.374 e. The molecule has 2 amide bonds. The summed E-state index contributed by atoms with van der Waals surface area (Å²) in [6.07, 6.45) is -0.561. The van der Waals surface area contributed by atoms with E-state index >= 15 is 0 Å². The molecule has 150 valence electrons. The monoisotopic (exact) mass is 387 g/mol. The van der Waals surface area contributed by atoms with Gasteiger partial charge in [0.05, 0.1) is 0 Å². The highest BCUT2D eigenvalue weighted by molar-refractivity contribution is 5.94. The number of nitrogens with zero attached hydrogens (tertiary/aromatic N) is 1. The zero-order valence-electron chi connectivity index (χ0n) is 16.5.